The molecular weight excluding hydrogens is 444 g/mol. The van der Waals surface area contributed by atoms with Gasteiger partial charge in [-0.3, -0.25) is 14.6 Å². The van der Waals surface area contributed by atoms with E-state index in [2.05, 4.69) is 15.2 Å². The summed E-state index contributed by atoms with van der Waals surface area (Å²) in [6.07, 6.45) is 3.33. The SMILES string of the molecule is CC(C)Nc1ccc(N2C(=O)N(Cc3ccncc3)C(C)(C)C2=O)cc1C(=O)N1CCN(C)CC1. The number of rotatable bonds is 6. The minimum Gasteiger partial charge on any atom is -0.382 e. The van der Waals surface area contributed by atoms with Crippen molar-refractivity contribution in [1.82, 2.24) is 19.7 Å². The van der Waals surface area contributed by atoms with Crippen LogP contribution >= 0.6 is 0 Å². The van der Waals surface area contributed by atoms with Gasteiger partial charge in [0, 0.05) is 56.8 Å². The van der Waals surface area contributed by atoms with E-state index in [1.807, 2.05) is 37.9 Å². The molecule has 1 N–H and O–H groups in total. The Balaban J connectivity index is 1.68. The van der Waals surface area contributed by atoms with Crippen LogP contribution in [0.25, 0.3) is 0 Å². The lowest BCUT2D eigenvalue weighted by Gasteiger charge is -2.33. The lowest BCUT2D eigenvalue weighted by molar-refractivity contribution is -0.123. The number of hydrogen-bond acceptors (Lipinski definition) is 6. The van der Waals surface area contributed by atoms with Crippen LogP contribution in [-0.4, -0.2) is 82.3 Å². The van der Waals surface area contributed by atoms with Crippen LogP contribution in [0.5, 0.6) is 0 Å². The topological polar surface area (TPSA) is 89.1 Å². The molecule has 2 fully saturated rings. The molecule has 4 amide bonds. The van der Waals surface area contributed by atoms with Crippen LogP contribution in [0.2, 0.25) is 0 Å². The van der Waals surface area contributed by atoms with Gasteiger partial charge in [0.2, 0.25) is 0 Å². The van der Waals surface area contributed by atoms with Gasteiger partial charge >= 0.3 is 6.03 Å². The zero-order valence-electron chi connectivity index (χ0n) is 21.1. The molecule has 2 aromatic rings. The number of anilines is 2. The fourth-order valence-corrected chi connectivity index (χ4v) is 4.46. The van der Waals surface area contributed by atoms with Gasteiger partial charge in [-0.05, 0) is 70.6 Å². The van der Waals surface area contributed by atoms with Crippen LogP contribution in [0.1, 0.15) is 43.6 Å². The van der Waals surface area contributed by atoms with Crippen LogP contribution < -0.4 is 10.2 Å². The average molecular weight is 479 g/mol. The van der Waals surface area contributed by atoms with E-state index in [0.717, 1.165) is 18.7 Å². The molecule has 2 saturated heterocycles. The van der Waals surface area contributed by atoms with Crippen LogP contribution in [0.3, 0.4) is 0 Å². The summed E-state index contributed by atoms with van der Waals surface area (Å²) in [6.45, 7) is 10.7. The molecule has 9 nitrogen and oxygen atoms in total. The number of aromatic nitrogens is 1. The van der Waals surface area contributed by atoms with Gasteiger partial charge in [-0.2, -0.15) is 0 Å². The Morgan fingerprint density at radius 1 is 1.06 bits per heavy atom. The van der Waals surface area contributed by atoms with Crippen LogP contribution in [-0.2, 0) is 11.3 Å². The molecule has 0 saturated carbocycles. The number of carbonyl (C=O) groups is 3. The molecule has 0 radical (unpaired) electrons. The highest BCUT2D eigenvalue weighted by atomic mass is 16.2. The summed E-state index contributed by atoms with van der Waals surface area (Å²) < 4.78 is 0. The second kappa shape index (κ2) is 9.65. The highest BCUT2D eigenvalue weighted by molar-refractivity contribution is 6.23. The number of likely N-dealkylation sites (N-methyl/N-ethyl adjacent to an activating group) is 1. The van der Waals surface area contributed by atoms with Crippen molar-refractivity contribution in [1.29, 1.82) is 0 Å². The minimum atomic E-state index is -1.03. The summed E-state index contributed by atoms with van der Waals surface area (Å²) in [7, 11) is 2.04. The van der Waals surface area contributed by atoms with Gasteiger partial charge in [0.15, 0.2) is 0 Å². The summed E-state index contributed by atoms with van der Waals surface area (Å²) >= 11 is 0. The number of piperazine rings is 1. The molecule has 2 aliphatic rings. The van der Waals surface area contributed by atoms with E-state index >= 15 is 0 Å². The third kappa shape index (κ3) is 4.86. The van der Waals surface area contributed by atoms with Crippen LogP contribution in [0, 0.1) is 0 Å². The number of benzene rings is 1. The molecule has 3 heterocycles. The van der Waals surface area contributed by atoms with Crippen molar-refractivity contribution in [2.45, 2.75) is 45.8 Å². The van der Waals surface area contributed by atoms with Gasteiger partial charge in [-0.25, -0.2) is 9.69 Å². The molecule has 0 spiro atoms. The lowest BCUT2D eigenvalue weighted by atomic mass is 10.0. The molecule has 1 aromatic heterocycles. The zero-order chi connectivity index (χ0) is 25.3. The molecule has 186 valence electrons. The number of carbonyl (C=O) groups excluding carboxylic acids is 3. The fraction of sp³-hybridized carbons (Fsp3) is 0.462. The van der Waals surface area contributed by atoms with Crippen molar-refractivity contribution in [3.8, 4) is 0 Å². The number of pyridine rings is 1. The van der Waals surface area contributed by atoms with E-state index in [9.17, 15) is 14.4 Å². The number of hydrogen-bond donors (Lipinski definition) is 1. The van der Waals surface area contributed by atoms with Gasteiger partial charge in [0.25, 0.3) is 11.8 Å². The fourth-order valence-electron chi connectivity index (χ4n) is 4.46. The van der Waals surface area contributed by atoms with E-state index in [-0.39, 0.29) is 24.4 Å². The van der Waals surface area contributed by atoms with Crippen LogP contribution in [0.15, 0.2) is 42.7 Å². The number of urea groups is 1. The van der Waals surface area contributed by atoms with Gasteiger partial charge in [0.05, 0.1) is 11.3 Å². The standard InChI is InChI=1S/C26H34N6O3/c1-18(2)28-22-7-6-20(16-21(22)23(33)30-14-12-29(5)13-15-30)32-24(34)26(3,4)31(25(32)35)17-19-8-10-27-11-9-19/h6-11,16,18,28H,12-15,17H2,1-5H3. The van der Waals surface area contributed by atoms with Gasteiger partial charge in [-0.1, -0.05) is 0 Å². The third-order valence-electron chi connectivity index (χ3n) is 6.64. The molecule has 4 rings (SSSR count). The summed E-state index contributed by atoms with van der Waals surface area (Å²) in [5, 5.41) is 3.34. The summed E-state index contributed by atoms with van der Waals surface area (Å²) in [4.78, 5) is 51.3. The molecule has 2 aliphatic heterocycles. The van der Waals surface area contributed by atoms with Crippen molar-refractivity contribution >= 4 is 29.2 Å². The smallest absolute Gasteiger partial charge is 0.332 e. The Bertz CT molecular complexity index is 1110. The monoisotopic (exact) mass is 478 g/mol. The van der Waals surface area contributed by atoms with Gasteiger partial charge < -0.3 is 20.0 Å². The summed E-state index contributed by atoms with van der Waals surface area (Å²) in [5.74, 6) is -0.422. The molecule has 0 bridgehead atoms. The van der Waals surface area contributed by atoms with Gasteiger partial charge in [-0.15, -0.1) is 0 Å². The third-order valence-corrected chi connectivity index (χ3v) is 6.64. The molecule has 35 heavy (non-hydrogen) atoms. The minimum absolute atomic E-state index is 0.102. The second-order valence-corrected chi connectivity index (χ2v) is 10.0. The van der Waals surface area contributed by atoms with Crippen molar-refractivity contribution in [2.24, 2.45) is 0 Å². The highest BCUT2D eigenvalue weighted by Gasteiger charge is 2.51. The first-order valence-electron chi connectivity index (χ1n) is 12.0. The number of imide groups is 1. The van der Waals surface area contributed by atoms with E-state index in [1.54, 1.807) is 49.3 Å². The predicted octanol–water partition coefficient (Wildman–Crippen LogP) is 3.04. The normalized spacial score (nSPS) is 18.5. The first-order valence-corrected chi connectivity index (χ1v) is 12.0. The first-order chi connectivity index (χ1) is 16.6. The van der Waals surface area contributed by atoms with E-state index < -0.39 is 11.6 Å². The Morgan fingerprint density at radius 2 is 1.71 bits per heavy atom. The molecule has 1 aromatic carbocycles. The summed E-state index contributed by atoms with van der Waals surface area (Å²) in [6, 6.07) is 8.56. The predicted molar refractivity (Wildman–Crippen MR) is 135 cm³/mol. The maximum atomic E-state index is 13.5. The molecule has 0 aliphatic carbocycles. The lowest BCUT2D eigenvalue weighted by Crippen LogP contribution is -2.47. The van der Waals surface area contributed by atoms with Crippen molar-refractivity contribution in [3.63, 3.8) is 0 Å². The van der Waals surface area contributed by atoms with E-state index in [0.29, 0.717) is 30.0 Å². The van der Waals surface area contributed by atoms with Crippen molar-refractivity contribution in [3.05, 3.63) is 53.9 Å². The van der Waals surface area contributed by atoms with Crippen LogP contribution in [0.4, 0.5) is 16.2 Å². The Kier molecular flexibility index (Phi) is 6.80. The molecule has 0 atom stereocenters. The summed E-state index contributed by atoms with van der Waals surface area (Å²) in [5.41, 5.74) is 1.42. The highest BCUT2D eigenvalue weighted by Crippen LogP contribution is 2.35. The van der Waals surface area contributed by atoms with E-state index in [4.69, 9.17) is 0 Å². The van der Waals surface area contributed by atoms with Gasteiger partial charge in [0.1, 0.15) is 5.54 Å². The van der Waals surface area contributed by atoms with E-state index in [1.165, 1.54) is 4.90 Å². The molecule has 0 unspecified atom stereocenters. The maximum absolute atomic E-state index is 13.5. The Labute approximate surface area is 206 Å². The number of nitrogens with one attached hydrogen (secondary N) is 1. The van der Waals surface area contributed by atoms with Crippen molar-refractivity contribution in [2.75, 3.05) is 43.4 Å². The number of nitrogens with zero attached hydrogens (tertiary/aromatic N) is 5. The second-order valence-electron chi connectivity index (χ2n) is 10.0. The number of amides is 4. The quantitative estimate of drug-likeness (QED) is 0.642. The zero-order valence-corrected chi connectivity index (χ0v) is 21.1. The Morgan fingerprint density at radius 3 is 2.34 bits per heavy atom. The molecule has 9 heteroatoms. The maximum Gasteiger partial charge on any atom is 0.332 e. The average Bonchev–Trinajstić information content (AvgIpc) is 2.99. The first kappa shape index (κ1) is 24.7. The molecular formula is C26H34N6O3. The largest absolute Gasteiger partial charge is 0.382 e. The Hall–Kier alpha value is -3.46. The van der Waals surface area contributed by atoms with Crippen molar-refractivity contribution < 1.29 is 14.4 Å².